The van der Waals surface area contributed by atoms with Crippen LogP contribution in [0.2, 0.25) is 0 Å². The Morgan fingerprint density at radius 3 is 2.12 bits per heavy atom. The van der Waals surface area contributed by atoms with Crippen LogP contribution in [0.15, 0.2) is 146 Å². The first kappa shape index (κ1) is 38.9. The number of anilines is 1. The molecule has 14 nitrogen and oxygen atoms in total. The molecule has 1 unspecified atom stereocenters. The van der Waals surface area contributed by atoms with E-state index in [1.54, 1.807) is 66.7 Å². The second-order valence-electron chi connectivity index (χ2n) is 14.1. The summed E-state index contributed by atoms with van der Waals surface area (Å²) < 4.78 is 60.8. The van der Waals surface area contributed by atoms with Gasteiger partial charge in [-0.1, -0.05) is 103 Å². The highest BCUT2D eigenvalue weighted by Crippen LogP contribution is 2.56. The highest BCUT2D eigenvalue weighted by Gasteiger charge is 2.56. The summed E-state index contributed by atoms with van der Waals surface area (Å²) in [6.45, 7) is 1.32. The summed E-state index contributed by atoms with van der Waals surface area (Å²) in [6.07, 6.45) is -3.36. The van der Waals surface area contributed by atoms with Gasteiger partial charge >= 0.3 is 13.9 Å². The number of imidazole rings is 1. The third-order valence-electron chi connectivity index (χ3n) is 10.3. The van der Waals surface area contributed by atoms with Crippen LogP contribution in [0.4, 0.5) is 10.0 Å². The minimum Gasteiger partial charge on any atom is -0.459 e. The van der Waals surface area contributed by atoms with Gasteiger partial charge in [0, 0.05) is 16.7 Å². The van der Waals surface area contributed by atoms with E-state index in [4.69, 9.17) is 23.5 Å². The molecule has 5 atom stereocenters. The van der Waals surface area contributed by atoms with E-state index in [1.165, 1.54) is 17.2 Å². The Morgan fingerprint density at radius 2 is 1.45 bits per heavy atom. The van der Waals surface area contributed by atoms with Gasteiger partial charge < -0.3 is 24.3 Å². The predicted octanol–water partition coefficient (Wildman–Crippen LogP) is 8.08. The molecule has 0 spiro atoms. The van der Waals surface area contributed by atoms with Gasteiger partial charge in [0.15, 0.2) is 28.8 Å². The number of fused-ring (bicyclic) bond motifs is 3. The number of halogens is 1. The molecular weight excluding hydrogens is 792 g/mol. The maximum Gasteiger partial charge on any atom is 0.510 e. The average molecular weight is 828 g/mol. The number of ether oxygens (including phenoxy) is 4. The Kier molecular flexibility index (Phi) is 10.3. The van der Waals surface area contributed by atoms with Gasteiger partial charge in [-0.15, -0.1) is 4.20 Å². The topological polar surface area (TPSA) is 173 Å². The number of para-hydroxylation sites is 2. The molecule has 302 valence electrons. The van der Waals surface area contributed by atoms with Crippen molar-refractivity contribution in [2.45, 2.75) is 37.1 Å². The minimum absolute atomic E-state index is 0.0797. The smallest absolute Gasteiger partial charge is 0.459 e. The van der Waals surface area contributed by atoms with Crippen molar-refractivity contribution in [3.8, 4) is 11.5 Å². The quantitative estimate of drug-likeness (QED) is 0.0950. The Hall–Kier alpha value is -6.61. The molecule has 60 heavy (non-hydrogen) atoms. The molecule has 2 aromatic heterocycles. The van der Waals surface area contributed by atoms with Crippen molar-refractivity contribution in [2.75, 3.05) is 11.9 Å². The van der Waals surface area contributed by atoms with E-state index in [0.29, 0.717) is 33.8 Å². The monoisotopic (exact) mass is 827 g/mol. The fourth-order valence-electron chi connectivity index (χ4n) is 7.64. The molecule has 0 radical (unpaired) electrons. The van der Waals surface area contributed by atoms with Crippen LogP contribution in [0.1, 0.15) is 49.2 Å². The minimum atomic E-state index is -5.81. The van der Waals surface area contributed by atoms with E-state index in [2.05, 4.69) is 20.3 Å². The Balaban J connectivity index is 1.19. The summed E-state index contributed by atoms with van der Waals surface area (Å²) >= 11 is 0. The van der Waals surface area contributed by atoms with Gasteiger partial charge in [-0.2, -0.15) is 0 Å². The molecule has 2 N–H and O–H groups in total. The molecule has 2 aliphatic rings. The van der Waals surface area contributed by atoms with Crippen molar-refractivity contribution in [3.63, 3.8) is 0 Å². The number of hydrogen-bond donors (Lipinski definition) is 2. The zero-order valence-corrected chi connectivity index (χ0v) is 32.6. The zero-order chi connectivity index (χ0) is 41.4. The summed E-state index contributed by atoms with van der Waals surface area (Å²) in [5, 5.41) is 2.78. The largest absolute Gasteiger partial charge is 0.510 e. The summed E-state index contributed by atoms with van der Waals surface area (Å²) in [6, 6.07) is 38.9. The number of nitrogens with one attached hydrogen (secondary N) is 1. The highest BCUT2D eigenvalue weighted by atomic mass is 31.2. The number of esters is 1. The third kappa shape index (κ3) is 7.33. The molecule has 1 amide bonds. The highest BCUT2D eigenvalue weighted by molar-refractivity contribution is 7.46. The lowest BCUT2D eigenvalue weighted by Gasteiger charge is -2.43. The van der Waals surface area contributed by atoms with E-state index in [1.807, 2.05) is 73.7 Å². The first-order valence-corrected chi connectivity index (χ1v) is 20.3. The van der Waals surface area contributed by atoms with Crippen LogP contribution in [0.3, 0.4) is 0 Å². The third-order valence-corrected chi connectivity index (χ3v) is 10.9. The number of amides is 1. The average Bonchev–Trinajstić information content (AvgIpc) is 3.84. The van der Waals surface area contributed by atoms with E-state index in [9.17, 15) is 19.0 Å². The standard InChI is InChI=1S/C44H35FN5O9P/c1-27-20-22-29(23-21-27)43(52)55-24-35-37(59-60(45,53)54)38(42(57-35)50-26-48-36-39(46-25-47-40(36)50)49-41(51)28-12-4-2-5-13-28)58-44(30-14-6-3-7-15-30)31-16-8-10-18-33(31)56-34-19-11-9-17-32(34)44/h2-23,25-26,35,37-38,42H,24H2,1H3,(H,53,54)(H,46,47,49,51)/t35-,37-,38-,42-/m1/s1. The fourth-order valence-corrected chi connectivity index (χ4v) is 8.19. The summed E-state index contributed by atoms with van der Waals surface area (Å²) in [5.74, 6) is -0.186. The SMILES string of the molecule is Cc1ccc(C(=O)OC[C@H]2O[C@@H](n3cnc4c(NC(=O)c5ccccc5)ncnc43)[C@H](OC3(c4ccccc4)c4ccccc4Oc4ccccc43)[C@@H]2OP(=O)(O)F)cc1. The van der Waals surface area contributed by atoms with E-state index >= 15 is 4.20 Å². The molecule has 7 aromatic rings. The lowest BCUT2D eigenvalue weighted by atomic mass is 9.77. The molecule has 0 aliphatic carbocycles. The summed E-state index contributed by atoms with van der Waals surface area (Å²) in [5.41, 5.74) is 2.02. The molecule has 0 bridgehead atoms. The maximum absolute atomic E-state index is 15.2. The number of benzene rings is 5. The first-order valence-electron chi connectivity index (χ1n) is 18.8. The van der Waals surface area contributed by atoms with Crippen molar-refractivity contribution >= 4 is 36.8 Å². The zero-order valence-electron chi connectivity index (χ0n) is 31.7. The molecule has 16 heteroatoms. The fraction of sp³-hybridized carbons (Fsp3) is 0.159. The number of hydrogen-bond acceptors (Lipinski definition) is 11. The number of aryl methyl sites for hydroxylation is 1. The van der Waals surface area contributed by atoms with Crippen LogP contribution in [0.5, 0.6) is 11.5 Å². The van der Waals surface area contributed by atoms with Crippen LogP contribution in [0, 0.1) is 6.92 Å². The van der Waals surface area contributed by atoms with E-state index < -0.39 is 56.5 Å². The van der Waals surface area contributed by atoms with Gasteiger partial charge in [-0.3, -0.25) is 18.8 Å². The molecular formula is C44H35FN5O9P. The second kappa shape index (κ2) is 15.9. The Bertz CT molecular complexity index is 2710. The van der Waals surface area contributed by atoms with Gasteiger partial charge in [-0.05, 0) is 48.9 Å². The van der Waals surface area contributed by atoms with Gasteiger partial charge in [0.2, 0.25) is 0 Å². The summed E-state index contributed by atoms with van der Waals surface area (Å²) in [7, 11) is -5.81. The predicted molar refractivity (Wildman–Crippen MR) is 215 cm³/mol. The number of carbonyl (C=O) groups is 2. The molecule has 1 saturated heterocycles. The molecule has 0 saturated carbocycles. The normalized spacial score (nSPS) is 20.0. The van der Waals surface area contributed by atoms with Gasteiger partial charge in [0.05, 0.1) is 11.9 Å². The Morgan fingerprint density at radius 1 is 0.817 bits per heavy atom. The number of nitrogens with zero attached hydrogens (tertiary/aromatic N) is 4. The van der Waals surface area contributed by atoms with Crippen LogP contribution in [0.25, 0.3) is 11.2 Å². The molecule has 2 aliphatic heterocycles. The van der Waals surface area contributed by atoms with Gasteiger partial charge in [0.25, 0.3) is 5.91 Å². The second-order valence-corrected chi connectivity index (χ2v) is 15.3. The van der Waals surface area contributed by atoms with E-state index in [-0.39, 0.29) is 22.5 Å². The molecule has 1 fully saturated rings. The first-order chi connectivity index (χ1) is 29.1. The van der Waals surface area contributed by atoms with Crippen molar-refractivity contribution in [1.29, 1.82) is 0 Å². The number of aromatic nitrogens is 4. The maximum atomic E-state index is 15.2. The van der Waals surface area contributed by atoms with Crippen molar-refractivity contribution < 1.29 is 46.7 Å². The number of carbonyl (C=O) groups excluding carboxylic acids is 2. The summed E-state index contributed by atoms with van der Waals surface area (Å²) in [4.78, 5) is 50.1. The lowest BCUT2D eigenvalue weighted by molar-refractivity contribution is -0.122. The molecule has 5 aromatic carbocycles. The lowest BCUT2D eigenvalue weighted by Crippen LogP contribution is -2.46. The van der Waals surface area contributed by atoms with Gasteiger partial charge in [0.1, 0.15) is 42.7 Å². The Labute approximate surface area is 342 Å². The van der Waals surface area contributed by atoms with Crippen LogP contribution in [-0.4, -0.2) is 61.2 Å². The van der Waals surface area contributed by atoms with Crippen molar-refractivity contribution in [1.82, 2.24) is 19.5 Å². The molecule has 4 heterocycles. The van der Waals surface area contributed by atoms with Crippen LogP contribution in [-0.2, 0) is 28.9 Å². The van der Waals surface area contributed by atoms with Crippen molar-refractivity contribution in [3.05, 3.63) is 179 Å². The molecule has 9 rings (SSSR count). The number of rotatable bonds is 11. The van der Waals surface area contributed by atoms with Crippen LogP contribution < -0.4 is 10.1 Å². The van der Waals surface area contributed by atoms with E-state index in [0.717, 1.165) is 5.56 Å². The van der Waals surface area contributed by atoms with Gasteiger partial charge in [-0.25, -0.2) is 24.3 Å². The van der Waals surface area contributed by atoms with Crippen molar-refractivity contribution in [2.24, 2.45) is 0 Å². The van der Waals surface area contributed by atoms with Crippen LogP contribution >= 0.6 is 7.91 Å².